The Morgan fingerprint density at radius 1 is 1.14 bits per heavy atom. The molecule has 0 unspecified atom stereocenters. The number of rotatable bonds is 4. The minimum Gasteiger partial charge on any atom is -0.342 e. The number of likely N-dealkylation sites (tertiary alicyclic amines) is 1. The molecular formula is C23H22ClN3O. The Kier molecular flexibility index (Phi) is 5.68. The van der Waals surface area contributed by atoms with Crippen LogP contribution in [0.15, 0.2) is 67.0 Å². The van der Waals surface area contributed by atoms with Crippen LogP contribution in [0.1, 0.15) is 30.0 Å². The summed E-state index contributed by atoms with van der Waals surface area (Å²) >= 11 is 6.13. The molecule has 4 nitrogen and oxygen atoms in total. The first-order chi connectivity index (χ1) is 13.7. The summed E-state index contributed by atoms with van der Waals surface area (Å²) in [6, 6.07) is 17.7. The third kappa shape index (κ3) is 4.39. The third-order valence-corrected chi connectivity index (χ3v) is 5.40. The quantitative estimate of drug-likeness (QED) is 0.645. The van der Waals surface area contributed by atoms with Gasteiger partial charge in [0.25, 0.3) is 0 Å². The van der Waals surface area contributed by atoms with Crippen molar-refractivity contribution in [1.82, 2.24) is 14.9 Å². The molecule has 1 saturated heterocycles. The summed E-state index contributed by atoms with van der Waals surface area (Å²) in [6.07, 6.45) is 5.92. The average molecular weight is 392 g/mol. The second-order valence-electron chi connectivity index (χ2n) is 7.17. The van der Waals surface area contributed by atoms with Crippen LogP contribution in [0.5, 0.6) is 0 Å². The van der Waals surface area contributed by atoms with Crippen LogP contribution in [0.2, 0.25) is 5.02 Å². The van der Waals surface area contributed by atoms with E-state index in [-0.39, 0.29) is 11.8 Å². The number of carbonyl (C=O) groups is 1. The molecule has 28 heavy (non-hydrogen) atoms. The van der Waals surface area contributed by atoms with Crippen LogP contribution in [0, 0.1) is 0 Å². The van der Waals surface area contributed by atoms with Crippen molar-refractivity contribution in [2.75, 3.05) is 13.1 Å². The second-order valence-corrected chi connectivity index (χ2v) is 7.61. The Morgan fingerprint density at radius 2 is 2.04 bits per heavy atom. The van der Waals surface area contributed by atoms with Gasteiger partial charge in [-0.2, -0.15) is 0 Å². The summed E-state index contributed by atoms with van der Waals surface area (Å²) in [5.41, 5.74) is 3.92. The molecule has 1 aliphatic heterocycles. The van der Waals surface area contributed by atoms with E-state index in [2.05, 4.69) is 11.1 Å². The number of hydrogen-bond acceptors (Lipinski definition) is 3. The molecule has 142 valence electrons. The maximum atomic E-state index is 12.7. The summed E-state index contributed by atoms with van der Waals surface area (Å²) in [6.45, 7) is 1.52. The zero-order valence-electron chi connectivity index (χ0n) is 15.6. The molecule has 0 aliphatic carbocycles. The van der Waals surface area contributed by atoms with E-state index in [4.69, 9.17) is 16.6 Å². The summed E-state index contributed by atoms with van der Waals surface area (Å²) in [5, 5.41) is 0.703. The van der Waals surface area contributed by atoms with Gasteiger partial charge in [-0.1, -0.05) is 35.9 Å². The van der Waals surface area contributed by atoms with Crippen LogP contribution < -0.4 is 0 Å². The lowest BCUT2D eigenvalue weighted by molar-refractivity contribution is -0.131. The first kappa shape index (κ1) is 18.6. The molecule has 0 saturated carbocycles. The highest BCUT2D eigenvalue weighted by molar-refractivity contribution is 6.30. The number of carbonyl (C=O) groups excluding carboxylic acids is 1. The van der Waals surface area contributed by atoms with Crippen LogP contribution in [-0.2, 0) is 11.2 Å². The number of pyridine rings is 2. The SMILES string of the molecule is O=C(Cc1cccnc1)N1CCC[C@@H](c2cccc(-c3cccc(Cl)c3)n2)C1. The van der Waals surface area contributed by atoms with E-state index in [1.54, 1.807) is 12.4 Å². The van der Waals surface area contributed by atoms with E-state index in [9.17, 15) is 4.79 Å². The maximum Gasteiger partial charge on any atom is 0.227 e. The Hall–Kier alpha value is -2.72. The van der Waals surface area contributed by atoms with Crippen LogP contribution in [0.4, 0.5) is 0 Å². The molecule has 5 heteroatoms. The molecule has 3 aromatic rings. The van der Waals surface area contributed by atoms with E-state index in [0.717, 1.165) is 41.9 Å². The number of piperidine rings is 1. The van der Waals surface area contributed by atoms with E-state index < -0.39 is 0 Å². The number of halogens is 1. The molecule has 1 aliphatic rings. The second kappa shape index (κ2) is 8.53. The van der Waals surface area contributed by atoms with Gasteiger partial charge in [-0.05, 0) is 48.7 Å². The van der Waals surface area contributed by atoms with Gasteiger partial charge >= 0.3 is 0 Å². The van der Waals surface area contributed by atoms with Gasteiger partial charge in [-0.3, -0.25) is 14.8 Å². The standard InChI is InChI=1S/C23H22ClN3O/c24-20-8-1-6-18(14-20)21-9-2-10-22(26-21)19-7-4-12-27(16-19)23(28)13-17-5-3-11-25-15-17/h1-3,5-6,8-11,14-15,19H,4,7,12-13,16H2/t19-/m1/s1. The number of nitrogens with zero attached hydrogens (tertiary/aromatic N) is 3. The highest BCUT2D eigenvalue weighted by atomic mass is 35.5. The minimum absolute atomic E-state index is 0.156. The molecular weight excluding hydrogens is 370 g/mol. The predicted molar refractivity (Wildman–Crippen MR) is 111 cm³/mol. The monoisotopic (exact) mass is 391 g/mol. The van der Waals surface area contributed by atoms with Gasteiger partial charge in [0.15, 0.2) is 0 Å². The minimum atomic E-state index is 0.156. The third-order valence-electron chi connectivity index (χ3n) is 5.16. The average Bonchev–Trinajstić information content (AvgIpc) is 2.75. The fourth-order valence-electron chi connectivity index (χ4n) is 3.72. The van der Waals surface area contributed by atoms with Crippen LogP contribution in [0.25, 0.3) is 11.3 Å². The number of hydrogen-bond donors (Lipinski definition) is 0. The Morgan fingerprint density at radius 3 is 2.86 bits per heavy atom. The van der Waals surface area contributed by atoms with Gasteiger partial charge in [0, 0.05) is 47.7 Å². The Bertz CT molecular complexity index is 961. The summed E-state index contributed by atoms with van der Waals surface area (Å²) in [7, 11) is 0. The topological polar surface area (TPSA) is 46.1 Å². The lowest BCUT2D eigenvalue weighted by Gasteiger charge is -2.32. The zero-order chi connectivity index (χ0) is 19.3. The molecule has 1 amide bonds. The molecule has 0 bridgehead atoms. The smallest absolute Gasteiger partial charge is 0.227 e. The highest BCUT2D eigenvalue weighted by Crippen LogP contribution is 2.28. The van der Waals surface area contributed by atoms with Crippen molar-refractivity contribution in [2.45, 2.75) is 25.2 Å². The molecule has 1 fully saturated rings. The van der Waals surface area contributed by atoms with Crippen LogP contribution >= 0.6 is 11.6 Å². The van der Waals surface area contributed by atoms with Crippen molar-refractivity contribution in [3.05, 3.63) is 83.3 Å². The van der Waals surface area contributed by atoms with Crippen molar-refractivity contribution in [2.24, 2.45) is 0 Å². The molecule has 2 aromatic heterocycles. The lowest BCUT2D eigenvalue weighted by Crippen LogP contribution is -2.40. The van der Waals surface area contributed by atoms with Gasteiger partial charge < -0.3 is 4.90 Å². The predicted octanol–water partition coefficient (Wildman–Crippen LogP) is 4.75. The normalized spacial score (nSPS) is 16.8. The van der Waals surface area contributed by atoms with Crippen molar-refractivity contribution >= 4 is 17.5 Å². The zero-order valence-corrected chi connectivity index (χ0v) is 16.3. The summed E-state index contributed by atoms with van der Waals surface area (Å²) in [4.78, 5) is 23.7. The Labute approximate surface area is 170 Å². The van der Waals surface area contributed by atoms with Crippen molar-refractivity contribution in [1.29, 1.82) is 0 Å². The molecule has 4 rings (SSSR count). The first-order valence-electron chi connectivity index (χ1n) is 9.58. The van der Waals surface area contributed by atoms with Gasteiger partial charge in [-0.25, -0.2) is 0 Å². The maximum absolute atomic E-state index is 12.7. The van der Waals surface area contributed by atoms with Crippen molar-refractivity contribution < 1.29 is 4.79 Å². The Balaban J connectivity index is 1.49. The highest BCUT2D eigenvalue weighted by Gasteiger charge is 2.25. The number of amides is 1. The van der Waals surface area contributed by atoms with Gasteiger partial charge in [-0.15, -0.1) is 0 Å². The van der Waals surface area contributed by atoms with E-state index >= 15 is 0 Å². The van der Waals surface area contributed by atoms with E-state index in [1.165, 1.54) is 0 Å². The molecule has 3 heterocycles. The van der Waals surface area contributed by atoms with Crippen LogP contribution in [-0.4, -0.2) is 33.9 Å². The van der Waals surface area contributed by atoms with Gasteiger partial charge in [0.2, 0.25) is 5.91 Å². The molecule has 0 N–H and O–H groups in total. The summed E-state index contributed by atoms with van der Waals surface area (Å²) in [5.74, 6) is 0.412. The van der Waals surface area contributed by atoms with Gasteiger partial charge in [0.05, 0.1) is 12.1 Å². The van der Waals surface area contributed by atoms with Crippen molar-refractivity contribution in [3.8, 4) is 11.3 Å². The van der Waals surface area contributed by atoms with Crippen LogP contribution in [0.3, 0.4) is 0 Å². The number of aromatic nitrogens is 2. The first-order valence-corrected chi connectivity index (χ1v) is 9.96. The number of benzene rings is 1. The van der Waals surface area contributed by atoms with E-state index in [1.807, 2.05) is 53.4 Å². The van der Waals surface area contributed by atoms with E-state index in [0.29, 0.717) is 18.0 Å². The fourth-order valence-corrected chi connectivity index (χ4v) is 3.91. The lowest BCUT2D eigenvalue weighted by atomic mass is 9.93. The van der Waals surface area contributed by atoms with Crippen molar-refractivity contribution in [3.63, 3.8) is 0 Å². The molecule has 1 aromatic carbocycles. The largest absolute Gasteiger partial charge is 0.342 e. The molecule has 0 radical (unpaired) electrons. The fraction of sp³-hybridized carbons (Fsp3) is 0.261. The molecule has 0 spiro atoms. The summed E-state index contributed by atoms with van der Waals surface area (Å²) < 4.78 is 0. The molecule has 1 atom stereocenters. The van der Waals surface area contributed by atoms with Gasteiger partial charge in [0.1, 0.15) is 0 Å².